The molecule has 16 atom stereocenters. The number of aliphatic hydroxyl groups is 1. The summed E-state index contributed by atoms with van der Waals surface area (Å²) in [6.07, 6.45) is 5.93. The van der Waals surface area contributed by atoms with Crippen molar-refractivity contribution in [3.05, 3.63) is 0 Å². The quantitative estimate of drug-likeness (QED) is 0.124. The molecule has 16 unspecified atom stereocenters. The van der Waals surface area contributed by atoms with Crippen molar-refractivity contribution >= 4 is 24.2 Å². The normalized spacial score (nSPS) is 48.0. The van der Waals surface area contributed by atoms with Crippen molar-refractivity contribution in [2.24, 2.45) is 29.6 Å². The van der Waals surface area contributed by atoms with Crippen LogP contribution in [0.3, 0.4) is 0 Å². The Labute approximate surface area is 249 Å². The first-order valence-electron chi connectivity index (χ1n) is 16.2. The van der Waals surface area contributed by atoms with Crippen LogP contribution in [0.1, 0.15) is 64.2 Å². The van der Waals surface area contributed by atoms with E-state index in [4.69, 9.17) is 33.2 Å². The van der Waals surface area contributed by atoms with E-state index in [1.807, 2.05) is 0 Å². The van der Waals surface area contributed by atoms with Crippen molar-refractivity contribution in [2.75, 3.05) is 6.61 Å². The summed E-state index contributed by atoms with van der Waals surface area (Å²) in [6.45, 7) is 0.0861. The van der Waals surface area contributed by atoms with Gasteiger partial charge in [-0.25, -0.2) is 0 Å². The number of aldehydes is 1. The Morgan fingerprint density at radius 2 is 1.35 bits per heavy atom. The highest BCUT2D eigenvalue weighted by Gasteiger charge is 2.63. The predicted octanol–water partition coefficient (Wildman–Crippen LogP) is 1.02. The Balaban J connectivity index is 0.985. The van der Waals surface area contributed by atoms with Gasteiger partial charge in [-0.15, -0.1) is 0 Å². The molecule has 0 radical (unpaired) electrons. The van der Waals surface area contributed by atoms with Crippen LogP contribution in [0.25, 0.3) is 0 Å². The minimum atomic E-state index is -1.80. The molecule has 0 spiro atoms. The molecule has 4 aliphatic heterocycles. The third kappa shape index (κ3) is 5.62. The predicted molar refractivity (Wildman–Crippen MR) is 141 cm³/mol. The van der Waals surface area contributed by atoms with Gasteiger partial charge in [0.1, 0.15) is 24.4 Å². The van der Waals surface area contributed by atoms with E-state index in [0.29, 0.717) is 44.5 Å². The Kier molecular flexibility index (Phi) is 7.28. The lowest BCUT2D eigenvalue weighted by molar-refractivity contribution is -0.181. The van der Waals surface area contributed by atoms with E-state index in [-0.39, 0.29) is 67.1 Å². The van der Waals surface area contributed by atoms with Crippen LogP contribution in [0.4, 0.5) is 0 Å². The molecule has 43 heavy (non-hydrogen) atoms. The highest BCUT2D eigenvalue weighted by molar-refractivity contribution is 6.04. The fourth-order valence-corrected chi connectivity index (χ4v) is 8.54. The fraction of sp³-hybridized carbons (Fsp3) is 0.871. The smallest absolute Gasteiger partial charge is 0.321 e. The number of aliphatic hydroxyl groups excluding tert-OH is 1. The molecule has 12 nitrogen and oxygen atoms in total. The van der Waals surface area contributed by atoms with Crippen molar-refractivity contribution in [1.82, 2.24) is 0 Å². The number of esters is 3. The monoisotopic (exact) mass is 604 g/mol. The zero-order valence-corrected chi connectivity index (χ0v) is 24.0. The molecule has 4 aliphatic carbocycles. The van der Waals surface area contributed by atoms with E-state index in [1.54, 1.807) is 0 Å². The lowest BCUT2D eigenvalue weighted by Gasteiger charge is -2.38. The van der Waals surface area contributed by atoms with Crippen LogP contribution in [0, 0.1) is 29.6 Å². The Hall–Kier alpha value is -2.12. The first kappa shape index (κ1) is 28.4. The van der Waals surface area contributed by atoms with E-state index >= 15 is 0 Å². The molecular formula is C31H40O12. The summed E-state index contributed by atoms with van der Waals surface area (Å²) in [5.74, 6) is -6.88. The molecule has 8 rings (SSSR count). The van der Waals surface area contributed by atoms with E-state index in [2.05, 4.69) is 0 Å². The third-order valence-corrected chi connectivity index (χ3v) is 11.2. The Morgan fingerprint density at radius 1 is 0.698 bits per heavy atom. The molecule has 4 saturated carbocycles. The highest BCUT2D eigenvalue weighted by atomic mass is 16.6. The zero-order valence-electron chi connectivity index (χ0n) is 24.0. The Bertz CT molecular complexity index is 1140. The number of epoxide rings is 4. The van der Waals surface area contributed by atoms with Crippen LogP contribution < -0.4 is 0 Å². The van der Waals surface area contributed by atoms with Gasteiger partial charge >= 0.3 is 17.9 Å². The third-order valence-electron chi connectivity index (χ3n) is 11.2. The fourth-order valence-electron chi connectivity index (χ4n) is 8.54. The number of rotatable bonds is 10. The summed E-state index contributed by atoms with van der Waals surface area (Å²) in [7, 11) is 0. The van der Waals surface area contributed by atoms with Crippen LogP contribution in [-0.4, -0.2) is 103 Å². The van der Waals surface area contributed by atoms with Gasteiger partial charge in [-0.05, 0) is 63.7 Å². The topological polar surface area (TPSA) is 166 Å². The van der Waals surface area contributed by atoms with Crippen LogP contribution in [-0.2, 0) is 52.3 Å². The number of carbonyl (C=O) groups excluding carboxylic acids is 4. The second kappa shape index (κ2) is 11.0. The van der Waals surface area contributed by atoms with Crippen LogP contribution in [0.5, 0.6) is 0 Å². The van der Waals surface area contributed by atoms with Crippen molar-refractivity contribution < 1.29 is 57.4 Å². The molecular weight excluding hydrogens is 564 g/mol. The largest absolute Gasteiger partial charge is 0.465 e. The molecule has 1 N–H and O–H groups in total. The van der Waals surface area contributed by atoms with Gasteiger partial charge in [-0.1, -0.05) is 0 Å². The summed E-state index contributed by atoms with van der Waals surface area (Å²) in [5, 5.41) is 10.9. The molecule has 236 valence electrons. The second-order valence-corrected chi connectivity index (χ2v) is 13.9. The lowest BCUT2D eigenvalue weighted by atomic mass is 9.70. The summed E-state index contributed by atoms with van der Waals surface area (Å²) in [4.78, 5) is 53.2. The molecule has 12 heteroatoms. The average Bonchev–Trinajstić information content (AvgIpc) is 3.82. The lowest BCUT2D eigenvalue weighted by Crippen LogP contribution is -2.49. The van der Waals surface area contributed by atoms with Crippen molar-refractivity contribution in [3.63, 3.8) is 0 Å². The summed E-state index contributed by atoms with van der Waals surface area (Å²) < 4.78 is 40.1. The summed E-state index contributed by atoms with van der Waals surface area (Å²) in [6, 6.07) is 0. The Morgan fingerprint density at radius 3 is 2.07 bits per heavy atom. The first-order valence-corrected chi connectivity index (χ1v) is 16.2. The highest BCUT2D eigenvalue weighted by Crippen LogP contribution is 2.53. The first-order chi connectivity index (χ1) is 20.9. The minimum absolute atomic E-state index is 0.0270. The summed E-state index contributed by atoms with van der Waals surface area (Å²) >= 11 is 0. The molecule has 0 amide bonds. The van der Waals surface area contributed by atoms with Gasteiger partial charge < -0.3 is 43.1 Å². The summed E-state index contributed by atoms with van der Waals surface area (Å²) in [5.41, 5.74) is 0. The van der Waals surface area contributed by atoms with Gasteiger partial charge in [0.2, 0.25) is 0 Å². The molecule has 0 aromatic carbocycles. The van der Waals surface area contributed by atoms with E-state index in [0.717, 1.165) is 32.1 Å². The van der Waals surface area contributed by atoms with Gasteiger partial charge in [-0.2, -0.15) is 0 Å². The maximum atomic E-state index is 13.9. The van der Waals surface area contributed by atoms with Crippen LogP contribution in [0.2, 0.25) is 0 Å². The van der Waals surface area contributed by atoms with Crippen molar-refractivity contribution in [2.45, 2.75) is 131 Å². The average molecular weight is 605 g/mol. The molecule has 0 aromatic heterocycles. The van der Waals surface area contributed by atoms with Crippen LogP contribution in [0.15, 0.2) is 0 Å². The minimum Gasteiger partial charge on any atom is -0.465 e. The zero-order chi connectivity index (χ0) is 29.4. The van der Waals surface area contributed by atoms with Crippen molar-refractivity contribution in [3.8, 4) is 0 Å². The number of hydrogen-bond donors (Lipinski definition) is 1. The standard InChI is InChI=1S/C31H40O12/c32-11-15(29(34)37-12-13-1-4-17-22(9-13)39-17)24(30(35)38-14-2-5-18-23(10-14)40-18)31(36)43-19-7-8-21-28(42-21)26(19)25-16(33)3-6-20-27(25)41-20/h11,13-28,33H,1-10,12H2. The van der Waals surface area contributed by atoms with Gasteiger partial charge in [0.05, 0.1) is 61.5 Å². The second-order valence-electron chi connectivity index (χ2n) is 13.9. The number of ether oxygens (including phenoxy) is 7. The number of hydrogen-bond acceptors (Lipinski definition) is 12. The van der Waals surface area contributed by atoms with Gasteiger partial charge in [0.25, 0.3) is 0 Å². The van der Waals surface area contributed by atoms with Crippen molar-refractivity contribution in [1.29, 1.82) is 0 Å². The van der Waals surface area contributed by atoms with E-state index in [9.17, 15) is 24.3 Å². The molecule has 8 fully saturated rings. The SMILES string of the molecule is O=CC(C(=O)OCC1CCC2OC2C1)C(C(=O)OC1CCC2OC2C1)C(=O)OC1CCC2OC2C1C1C(O)CCC2OC21. The molecule has 0 bridgehead atoms. The van der Waals surface area contributed by atoms with Gasteiger partial charge in [-0.3, -0.25) is 14.4 Å². The van der Waals surface area contributed by atoms with E-state index in [1.165, 1.54) is 0 Å². The molecule has 8 aliphatic rings. The maximum Gasteiger partial charge on any atom is 0.321 e. The maximum absolute atomic E-state index is 13.9. The van der Waals surface area contributed by atoms with Crippen LogP contribution >= 0.6 is 0 Å². The number of fused-ring (bicyclic) bond motifs is 4. The van der Waals surface area contributed by atoms with E-state index < -0.39 is 48.1 Å². The molecule has 0 aromatic rings. The van der Waals surface area contributed by atoms with Gasteiger partial charge in [0, 0.05) is 18.3 Å². The number of carbonyl (C=O) groups is 4. The molecule has 4 heterocycles. The van der Waals surface area contributed by atoms with Gasteiger partial charge in [0.15, 0.2) is 5.92 Å². The molecule has 4 saturated heterocycles.